The lowest BCUT2D eigenvalue weighted by atomic mass is 10.2. The Balaban J connectivity index is 1.93. The van der Waals surface area contributed by atoms with Crippen LogP contribution in [0.3, 0.4) is 0 Å². The van der Waals surface area contributed by atoms with E-state index >= 15 is 0 Å². The number of hydrogen-bond donors (Lipinski definition) is 1. The topological polar surface area (TPSA) is 45.4 Å². The number of hydrogen-bond acceptors (Lipinski definition) is 4. The zero-order chi connectivity index (χ0) is 12.3. The van der Waals surface area contributed by atoms with Crippen LogP contribution in [0.5, 0.6) is 0 Å². The van der Waals surface area contributed by atoms with Gasteiger partial charge in [0.1, 0.15) is 5.82 Å². The number of pyridine rings is 1. The van der Waals surface area contributed by atoms with Crippen molar-refractivity contribution in [2.24, 2.45) is 5.73 Å². The van der Waals surface area contributed by atoms with E-state index in [0.717, 1.165) is 38.5 Å². The van der Waals surface area contributed by atoms with Crippen molar-refractivity contribution in [1.29, 1.82) is 0 Å². The molecule has 0 radical (unpaired) electrons. The first-order valence-corrected chi connectivity index (χ1v) is 6.24. The Bertz CT molecular complexity index is 399. The summed E-state index contributed by atoms with van der Waals surface area (Å²) in [6.45, 7) is 6.77. The van der Waals surface area contributed by atoms with Gasteiger partial charge in [-0.15, -0.1) is 0 Å². The van der Waals surface area contributed by atoms with Gasteiger partial charge in [0, 0.05) is 38.9 Å². The van der Waals surface area contributed by atoms with Crippen LogP contribution in [0.1, 0.15) is 5.56 Å². The van der Waals surface area contributed by atoms with Crippen LogP contribution in [0.25, 0.3) is 0 Å². The van der Waals surface area contributed by atoms with E-state index in [1.165, 1.54) is 5.56 Å². The summed E-state index contributed by atoms with van der Waals surface area (Å²) in [6, 6.07) is 4.15. The van der Waals surface area contributed by atoms with Gasteiger partial charge in [-0.3, -0.25) is 4.90 Å². The average molecular weight is 250 g/mol. The summed E-state index contributed by atoms with van der Waals surface area (Å²) in [6.07, 6.45) is 1.87. The quantitative estimate of drug-likeness (QED) is 0.804. The summed E-state index contributed by atoms with van der Waals surface area (Å²) in [5.74, 6) is 1.07. The molecule has 0 unspecified atom stereocenters. The second kappa shape index (κ2) is 5.42. The fourth-order valence-corrected chi connectivity index (χ4v) is 2.23. The minimum absolute atomic E-state index is 0.576. The van der Waals surface area contributed by atoms with E-state index in [9.17, 15) is 0 Å². The predicted octanol–water partition coefficient (Wildman–Crippen LogP) is 0.798. The number of piperazine rings is 1. The van der Waals surface area contributed by atoms with Gasteiger partial charge >= 0.3 is 0 Å². The van der Waals surface area contributed by atoms with E-state index in [4.69, 9.17) is 18.0 Å². The first-order chi connectivity index (χ1) is 8.15. The molecule has 2 N–H and O–H groups in total. The maximum absolute atomic E-state index is 5.55. The highest BCUT2D eigenvalue weighted by Crippen LogP contribution is 2.14. The molecule has 1 aliphatic rings. The van der Waals surface area contributed by atoms with Crippen molar-refractivity contribution in [1.82, 2.24) is 9.88 Å². The molecule has 2 rings (SSSR count). The molecule has 0 aliphatic carbocycles. The fourth-order valence-electron chi connectivity index (χ4n) is 2.05. The molecule has 1 aliphatic heterocycles. The van der Waals surface area contributed by atoms with Gasteiger partial charge in [-0.1, -0.05) is 12.2 Å². The van der Waals surface area contributed by atoms with Crippen molar-refractivity contribution in [3.8, 4) is 0 Å². The zero-order valence-corrected chi connectivity index (χ0v) is 10.9. The highest BCUT2D eigenvalue weighted by Gasteiger charge is 2.18. The smallest absolute Gasteiger partial charge is 0.128 e. The Morgan fingerprint density at radius 1 is 1.41 bits per heavy atom. The predicted molar refractivity (Wildman–Crippen MR) is 74.4 cm³/mol. The lowest BCUT2D eigenvalue weighted by Gasteiger charge is -2.35. The molecule has 0 saturated carbocycles. The molecule has 0 aromatic carbocycles. The monoisotopic (exact) mass is 250 g/mol. The molecule has 0 atom stereocenters. The number of thiocarbonyl (C=S) groups is 1. The van der Waals surface area contributed by atoms with E-state index in [2.05, 4.69) is 27.8 Å². The third kappa shape index (κ3) is 3.38. The molecule has 1 fully saturated rings. The van der Waals surface area contributed by atoms with Gasteiger partial charge in [0.2, 0.25) is 0 Å². The van der Waals surface area contributed by atoms with Crippen molar-refractivity contribution in [3.63, 3.8) is 0 Å². The standard InChI is InChI=1S/C12H18N4S/c1-10-2-3-14-12(8-10)16-6-4-15(5-7-16)9-11(13)17/h2-3,8H,4-7,9H2,1H3,(H2,13,17). The number of nitrogens with zero attached hydrogens (tertiary/aromatic N) is 3. The molecule has 5 heteroatoms. The number of rotatable bonds is 3. The fraction of sp³-hybridized carbons (Fsp3) is 0.500. The van der Waals surface area contributed by atoms with Crippen LogP contribution in [-0.2, 0) is 0 Å². The van der Waals surface area contributed by atoms with Gasteiger partial charge in [-0.05, 0) is 24.6 Å². The van der Waals surface area contributed by atoms with Crippen molar-refractivity contribution >= 4 is 23.0 Å². The molecule has 1 saturated heterocycles. The number of anilines is 1. The summed E-state index contributed by atoms with van der Waals surface area (Å²) >= 11 is 4.93. The summed E-state index contributed by atoms with van der Waals surface area (Å²) < 4.78 is 0. The lowest BCUT2D eigenvalue weighted by molar-refractivity contribution is 0.291. The Labute approximate surface area is 107 Å². The highest BCUT2D eigenvalue weighted by atomic mass is 32.1. The van der Waals surface area contributed by atoms with Gasteiger partial charge < -0.3 is 10.6 Å². The Kier molecular flexibility index (Phi) is 3.91. The first-order valence-electron chi connectivity index (χ1n) is 5.83. The minimum Gasteiger partial charge on any atom is -0.392 e. The van der Waals surface area contributed by atoms with E-state index in [-0.39, 0.29) is 0 Å². The van der Waals surface area contributed by atoms with Gasteiger partial charge in [-0.25, -0.2) is 4.98 Å². The van der Waals surface area contributed by atoms with Crippen LogP contribution >= 0.6 is 12.2 Å². The van der Waals surface area contributed by atoms with Gasteiger partial charge in [0.15, 0.2) is 0 Å². The highest BCUT2D eigenvalue weighted by molar-refractivity contribution is 7.80. The second-order valence-corrected chi connectivity index (χ2v) is 4.95. The van der Waals surface area contributed by atoms with Crippen molar-refractivity contribution in [3.05, 3.63) is 23.9 Å². The van der Waals surface area contributed by atoms with Crippen LogP contribution in [0.2, 0.25) is 0 Å². The second-order valence-electron chi connectivity index (χ2n) is 4.42. The third-order valence-corrected chi connectivity index (χ3v) is 3.11. The molecule has 0 spiro atoms. The van der Waals surface area contributed by atoms with Crippen LogP contribution in [-0.4, -0.2) is 47.6 Å². The maximum atomic E-state index is 5.55. The Hall–Kier alpha value is -1.20. The van der Waals surface area contributed by atoms with Crippen molar-refractivity contribution < 1.29 is 0 Å². The number of aromatic nitrogens is 1. The molecular formula is C12H18N4S. The Morgan fingerprint density at radius 3 is 2.71 bits per heavy atom. The van der Waals surface area contributed by atoms with E-state index in [0.29, 0.717) is 4.99 Å². The molecule has 2 heterocycles. The molecule has 92 valence electrons. The first kappa shape index (κ1) is 12.3. The normalized spacial score (nSPS) is 17.1. The molecule has 17 heavy (non-hydrogen) atoms. The number of nitrogens with two attached hydrogens (primary N) is 1. The zero-order valence-electron chi connectivity index (χ0n) is 10.1. The molecule has 4 nitrogen and oxygen atoms in total. The molecule has 1 aromatic heterocycles. The molecule has 0 amide bonds. The van der Waals surface area contributed by atoms with E-state index in [1.54, 1.807) is 0 Å². The molecular weight excluding hydrogens is 232 g/mol. The van der Waals surface area contributed by atoms with E-state index < -0.39 is 0 Å². The molecule has 0 bridgehead atoms. The largest absolute Gasteiger partial charge is 0.392 e. The van der Waals surface area contributed by atoms with Crippen molar-refractivity contribution in [2.45, 2.75) is 6.92 Å². The summed E-state index contributed by atoms with van der Waals surface area (Å²) in [7, 11) is 0. The third-order valence-electron chi connectivity index (χ3n) is 2.98. The summed E-state index contributed by atoms with van der Waals surface area (Å²) in [5.41, 5.74) is 6.80. The van der Waals surface area contributed by atoms with Gasteiger partial charge in [0.25, 0.3) is 0 Å². The van der Waals surface area contributed by atoms with Gasteiger partial charge in [-0.2, -0.15) is 0 Å². The van der Waals surface area contributed by atoms with Crippen LogP contribution in [0, 0.1) is 6.92 Å². The number of aryl methyl sites for hydroxylation is 1. The van der Waals surface area contributed by atoms with E-state index in [1.807, 2.05) is 12.3 Å². The van der Waals surface area contributed by atoms with Crippen LogP contribution < -0.4 is 10.6 Å². The SMILES string of the molecule is Cc1ccnc(N2CCN(CC(N)=S)CC2)c1. The molecule has 1 aromatic rings. The van der Waals surface area contributed by atoms with Crippen LogP contribution in [0.4, 0.5) is 5.82 Å². The average Bonchev–Trinajstić information content (AvgIpc) is 2.29. The van der Waals surface area contributed by atoms with Crippen LogP contribution in [0.15, 0.2) is 18.3 Å². The summed E-state index contributed by atoms with van der Waals surface area (Å²) in [5, 5.41) is 0. The minimum atomic E-state index is 0.576. The maximum Gasteiger partial charge on any atom is 0.128 e. The van der Waals surface area contributed by atoms with Gasteiger partial charge in [0.05, 0.1) is 4.99 Å². The summed E-state index contributed by atoms with van der Waals surface area (Å²) in [4.78, 5) is 9.58. The lowest BCUT2D eigenvalue weighted by Crippen LogP contribution is -2.48. The Morgan fingerprint density at radius 2 is 2.12 bits per heavy atom. The van der Waals surface area contributed by atoms with Crippen molar-refractivity contribution in [2.75, 3.05) is 37.6 Å².